The zero-order chi connectivity index (χ0) is 16.7. The number of hydrogen-bond donors (Lipinski definition) is 2. The Morgan fingerprint density at radius 3 is 2.61 bits per heavy atom. The lowest BCUT2D eigenvalue weighted by atomic mass is 10.2. The zero-order valence-electron chi connectivity index (χ0n) is 13.5. The Balaban J connectivity index is 1.80. The first-order valence-electron chi connectivity index (χ1n) is 7.75. The molecule has 1 aliphatic heterocycles. The van der Waals surface area contributed by atoms with Crippen molar-refractivity contribution in [1.82, 2.24) is 15.5 Å². The number of carbonyl (C=O) groups excluding carboxylic acids is 2. The summed E-state index contributed by atoms with van der Waals surface area (Å²) in [5.41, 5.74) is 0. The predicted octanol–water partition coefficient (Wildman–Crippen LogP) is 0.994. The highest BCUT2D eigenvalue weighted by atomic mass is 16.6. The van der Waals surface area contributed by atoms with Gasteiger partial charge in [0.15, 0.2) is 17.6 Å². The highest BCUT2D eigenvalue weighted by Crippen LogP contribution is 2.30. The summed E-state index contributed by atoms with van der Waals surface area (Å²) in [4.78, 5) is 24.6. The topological polar surface area (TPSA) is 79.9 Å². The van der Waals surface area contributed by atoms with E-state index in [2.05, 4.69) is 10.6 Å². The van der Waals surface area contributed by atoms with Gasteiger partial charge in [-0.2, -0.15) is 0 Å². The Bertz CT molecular complexity index is 550. The average Bonchev–Trinajstić information content (AvgIpc) is 2.56. The van der Waals surface area contributed by atoms with Crippen LogP contribution in [0.3, 0.4) is 0 Å². The number of carbonyl (C=O) groups is 2. The molecule has 1 aromatic rings. The van der Waals surface area contributed by atoms with Crippen LogP contribution in [-0.4, -0.2) is 55.7 Å². The number of fused-ring (bicyclic) bond motifs is 1. The molecule has 1 aromatic carbocycles. The third-order valence-corrected chi connectivity index (χ3v) is 3.44. The molecule has 0 unspecified atom stereocenters. The molecular formula is C16H23N3O4. The number of benzene rings is 1. The summed E-state index contributed by atoms with van der Waals surface area (Å²) in [5, 5.41) is 5.41. The summed E-state index contributed by atoms with van der Waals surface area (Å²) in [6, 6.07) is 7.31. The van der Waals surface area contributed by atoms with Crippen LogP contribution in [0, 0.1) is 0 Å². The van der Waals surface area contributed by atoms with Crippen LogP contribution in [0.1, 0.15) is 13.8 Å². The number of para-hydroxylation sites is 2. The molecular weight excluding hydrogens is 298 g/mol. The maximum atomic E-state index is 12.1. The number of hydrogen-bond acceptors (Lipinski definition) is 4. The summed E-state index contributed by atoms with van der Waals surface area (Å²) in [5.74, 6) is 1.32. The lowest BCUT2D eigenvalue weighted by Crippen LogP contribution is -2.48. The SMILES string of the molecule is CCN(C[C@H]1COc2ccccc2O1)C(=O)NCCNC(C)=O. The van der Waals surface area contributed by atoms with Crippen molar-refractivity contribution in [1.29, 1.82) is 0 Å². The van der Waals surface area contributed by atoms with Crippen LogP contribution in [0.4, 0.5) is 4.79 Å². The summed E-state index contributed by atoms with van der Waals surface area (Å²) < 4.78 is 11.5. The van der Waals surface area contributed by atoms with Crippen molar-refractivity contribution in [2.24, 2.45) is 0 Å². The molecule has 7 nitrogen and oxygen atoms in total. The van der Waals surface area contributed by atoms with Crippen molar-refractivity contribution in [3.8, 4) is 11.5 Å². The average molecular weight is 321 g/mol. The third kappa shape index (κ3) is 5.05. The summed E-state index contributed by atoms with van der Waals surface area (Å²) in [7, 11) is 0. The van der Waals surface area contributed by atoms with Crippen molar-refractivity contribution in [3.05, 3.63) is 24.3 Å². The molecule has 2 rings (SSSR count). The highest BCUT2D eigenvalue weighted by Gasteiger charge is 2.24. The van der Waals surface area contributed by atoms with Gasteiger partial charge in [0, 0.05) is 26.6 Å². The molecule has 126 valence electrons. The van der Waals surface area contributed by atoms with Crippen LogP contribution >= 0.6 is 0 Å². The molecule has 0 spiro atoms. The van der Waals surface area contributed by atoms with E-state index in [-0.39, 0.29) is 18.0 Å². The van der Waals surface area contributed by atoms with E-state index in [0.29, 0.717) is 38.5 Å². The number of nitrogens with one attached hydrogen (secondary N) is 2. The van der Waals surface area contributed by atoms with Gasteiger partial charge in [0.1, 0.15) is 6.61 Å². The third-order valence-electron chi connectivity index (χ3n) is 3.44. The van der Waals surface area contributed by atoms with Crippen LogP contribution in [0.2, 0.25) is 0 Å². The van der Waals surface area contributed by atoms with Crippen molar-refractivity contribution < 1.29 is 19.1 Å². The molecule has 3 amide bonds. The number of amides is 3. The van der Waals surface area contributed by atoms with Gasteiger partial charge in [0.2, 0.25) is 5.91 Å². The molecule has 0 saturated carbocycles. The first-order chi connectivity index (χ1) is 11.1. The van der Waals surface area contributed by atoms with Gasteiger partial charge in [-0.25, -0.2) is 4.79 Å². The smallest absolute Gasteiger partial charge is 0.317 e. The number of ether oxygens (including phenoxy) is 2. The molecule has 1 atom stereocenters. The molecule has 0 bridgehead atoms. The minimum Gasteiger partial charge on any atom is -0.486 e. The first-order valence-corrected chi connectivity index (χ1v) is 7.75. The van der Waals surface area contributed by atoms with Crippen LogP contribution in [-0.2, 0) is 4.79 Å². The van der Waals surface area contributed by atoms with E-state index < -0.39 is 0 Å². The van der Waals surface area contributed by atoms with E-state index in [1.54, 1.807) is 4.90 Å². The molecule has 0 aromatic heterocycles. The van der Waals surface area contributed by atoms with Crippen molar-refractivity contribution in [2.75, 3.05) is 32.8 Å². The van der Waals surface area contributed by atoms with E-state index in [0.717, 1.165) is 5.75 Å². The minimum absolute atomic E-state index is 0.113. The molecule has 0 aliphatic carbocycles. The Morgan fingerprint density at radius 2 is 1.91 bits per heavy atom. The van der Waals surface area contributed by atoms with Crippen molar-refractivity contribution >= 4 is 11.9 Å². The second-order valence-corrected chi connectivity index (χ2v) is 5.25. The van der Waals surface area contributed by atoms with Gasteiger partial charge in [-0.05, 0) is 19.1 Å². The van der Waals surface area contributed by atoms with Crippen LogP contribution in [0.15, 0.2) is 24.3 Å². The van der Waals surface area contributed by atoms with E-state index in [4.69, 9.17) is 9.47 Å². The normalized spacial score (nSPS) is 15.7. The maximum Gasteiger partial charge on any atom is 0.317 e. The molecule has 0 fully saturated rings. The first kappa shape index (κ1) is 16.9. The van der Waals surface area contributed by atoms with Gasteiger partial charge in [-0.1, -0.05) is 12.1 Å². The number of rotatable bonds is 6. The summed E-state index contributed by atoms with van der Waals surface area (Å²) in [6.45, 7) is 5.56. The predicted molar refractivity (Wildman–Crippen MR) is 85.7 cm³/mol. The molecule has 23 heavy (non-hydrogen) atoms. The number of likely N-dealkylation sites (N-methyl/N-ethyl adjacent to an activating group) is 1. The lowest BCUT2D eigenvalue weighted by Gasteiger charge is -2.30. The molecule has 1 aliphatic rings. The Labute approximate surface area is 135 Å². The van der Waals surface area contributed by atoms with Gasteiger partial charge in [-0.15, -0.1) is 0 Å². The van der Waals surface area contributed by atoms with Gasteiger partial charge in [0.25, 0.3) is 0 Å². The van der Waals surface area contributed by atoms with Gasteiger partial charge in [0.05, 0.1) is 6.54 Å². The fourth-order valence-electron chi connectivity index (χ4n) is 2.27. The Hall–Kier alpha value is -2.44. The van der Waals surface area contributed by atoms with E-state index in [1.165, 1.54) is 6.92 Å². The number of nitrogens with zero attached hydrogens (tertiary/aromatic N) is 1. The van der Waals surface area contributed by atoms with Crippen molar-refractivity contribution in [3.63, 3.8) is 0 Å². The van der Waals surface area contributed by atoms with E-state index >= 15 is 0 Å². The Morgan fingerprint density at radius 1 is 1.22 bits per heavy atom. The van der Waals surface area contributed by atoms with E-state index in [1.807, 2.05) is 31.2 Å². The molecule has 7 heteroatoms. The molecule has 2 N–H and O–H groups in total. The molecule has 1 heterocycles. The zero-order valence-corrected chi connectivity index (χ0v) is 13.5. The largest absolute Gasteiger partial charge is 0.486 e. The molecule has 0 saturated heterocycles. The quantitative estimate of drug-likeness (QED) is 0.766. The summed E-state index contributed by atoms with van der Waals surface area (Å²) in [6.07, 6.45) is -0.203. The summed E-state index contributed by atoms with van der Waals surface area (Å²) >= 11 is 0. The number of urea groups is 1. The van der Waals surface area contributed by atoms with Crippen LogP contribution in [0.25, 0.3) is 0 Å². The van der Waals surface area contributed by atoms with E-state index in [9.17, 15) is 9.59 Å². The van der Waals surface area contributed by atoms with Crippen LogP contribution < -0.4 is 20.1 Å². The second-order valence-electron chi connectivity index (χ2n) is 5.25. The fraction of sp³-hybridized carbons (Fsp3) is 0.500. The maximum absolute atomic E-state index is 12.1. The minimum atomic E-state index is -0.203. The second kappa shape index (κ2) is 8.26. The van der Waals surface area contributed by atoms with Gasteiger partial charge >= 0.3 is 6.03 Å². The monoisotopic (exact) mass is 321 g/mol. The highest BCUT2D eigenvalue weighted by molar-refractivity contribution is 5.74. The fourth-order valence-corrected chi connectivity index (χ4v) is 2.27. The van der Waals surface area contributed by atoms with Gasteiger partial charge in [-0.3, -0.25) is 4.79 Å². The molecule has 0 radical (unpaired) electrons. The van der Waals surface area contributed by atoms with Crippen LogP contribution in [0.5, 0.6) is 11.5 Å². The van der Waals surface area contributed by atoms with Gasteiger partial charge < -0.3 is 25.0 Å². The van der Waals surface area contributed by atoms with Crippen molar-refractivity contribution in [2.45, 2.75) is 20.0 Å². The Kier molecular flexibility index (Phi) is 6.08. The lowest BCUT2D eigenvalue weighted by molar-refractivity contribution is -0.118. The standard InChI is InChI=1S/C16H23N3O4/c1-3-19(16(21)18-9-8-17-12(2)20)10-13-11-22-14-6-4-5-7-15(14)23-13/h4-7,13H,3,8-11H2,1-2H3,(H,17,20)(H,18,21)/t13-/m0/s1.